The molecule has 15 heavy (non-hydrogen) atoms. The standard InChI is InChI=1S/C10H18N2O3/c1-3-4-9(13)11-5-7-12(8-6-11)10(14)15-2/h3-8H2,1-2H3. The Morgan fingerprint density at radius 1 is 1.13 bits per heavy atom. The molecule has 0 aromatic rings. The van der Waals surface area contributed by atoms with Gasteiger partial charge in [0.2, 0.25) is 5.91 Å². The lowest BCUT2D eigenvalue weighted by Crippen LogP contribution is -2.50. The predicted octanol–water partition coefficient (Wildman–Crippen LogP) is 0.697. The Kier molecular flexibility index (Phi) is 4.39. The summed E-state index contributed by atoms with van der Waals surface area (Å²) in [7, 11) is 1.37. The van der Waals surface area contributed by atoms with Gasteiger partial charge in [-0.3, -0.25) is 4.79 Å². The Hall–Kier alpha value is -1.26. The number of ether oxygens (including phenoxy) is 1. The number of amides is 2. The maximum absolute atomic E-state index is 11.5. The Bertz CT molecular complexity index is 235. The van der Waals surface area contributed by atoms with Gasteiger partial charge in [-0.1, -0.05) is 6.92 Å². The van der Waals surface area contributed by atoms with Crippen molar-refractivity contribution in [3.8, 4) is 0 Å². The van der Waals surface area contributed by atoms with Crippen molar-refractivity contribution in [2.45, 2.75) is 19.8 Å². The lowest BCUT2D eigenvalue weighted by atomic mass is 10.2. The van der Waals surface area contributed by atoms with Gasteiger partial charge in [0.1, 0.15) is 0 Å². The smallest absolute Gasteiger partial charge is 0.409 e. The average molecular weight is 214 g/mol. The highest BCUT2D eigenvalue weighted by Crippen LogP contribution is 2.05. The molecule has 0 spiro atoms. The fourth-order valence-corrected chi connectivity index (χ4v) is 1.64. The van der Waals surface area contributed by atoms with Crippen LogP contribution in [-0.2, 0) is 9.53 Å². The van der Waals surface area contributed by atoms with Gasteiger partial charge in [0.15, 0.2) is 0 Å². The van der Waals surface area contributed by atoms with Gasteiger partial charge in [-0.05, 0) is 6.42 Å². The quantitative estimate of drug-likeness (QED) is 0.679. The highest BCUT2D eigenvalue weighted by Gasteiger charge is 2.23. The van der Waals surface area contributed by atoms with E-state index in [2.05, 4.69) is 4.74 Å². The molecule has 1 aliphatic heterocycles. The van der Waals surface area contributed by atoms with E-state index < -0.39 is 0 Å². The zero-order chi connectivity index (χ0) is 11.3. The molecule has 1 heterocycles. The van der Waals surface area contributed by atoms with Crippen LogP contribution in [0.4, 0.5) is 4.79 Å². The van der Waals surface area contributed by atoms with E-state index in [1.165, 1.54) is 7.11 Å². The topological polar surface area (TPSA) is 49.9 Å². The molecule has 0 unspecified atom stereocenters. The first-order valence-corrected chi connectivity index (χ1v) is 5.29. The molecule has 1 aliphatic rings. The number of hydrogen-bond acceptors (Lipinski definition) is 3. The molecule has 5 nitrogen and oxygen atoms in total. The molecule has 1 rings (SSSR count). The summed E-state index contributed by atoms with van der Waals surface area (Å²) >= 11 is 0. The van der Waals surface area contributed by atoms with E-state index in [4.69, 9.17) is 0 Å². The Morgan fingerprint density at radius 2 is 1.67 bits per heavy atom. The van der Waals surface area contributed by atoms with Gasteiger partial charge in [0, 0.05) is 32.6 Å². The summed E-state index contributed by atoms with van der Waals surface area (Å²) in [5, 5.41) is 0. The zero-order valence-corrected chi connectivity index (χ0v) is 9.36. The molecule has 0 aliphatic carbocycles. The molecule has 0 radical (unpaired) electrons. The minimum absolute atomic E-state index is 0.182. The van der Waals surface area contributed by atoms with Crippen LogP contribution in [0.1, 0.15) is 19.8 Å². The minimum atomic E-state index is -0.308. The number of piperazine rings is 1. The minimum Gasteiger partial charge on any atom is -0.453 e. The summed E-state index contributed by atoms with van der Waals surface area (Å²) < 4.78 is 4.62. The zero-order valence-electron chi connectivity index (χ0n) is 9.36. The third-order valence-corrected chi connectivity index (χ3v) is 2.53. The van der Waals surface area contributed by atoms with Crippen molar-refractivity contribution in [2.24, 2.45) is 0 Å². The molecule has 0 aromatic carbocycles. The summed E-state index contributed by atoms with van der Waals surface area (Å²) in [5.41, 5.74) is 0. The molecule has 1 saturated heterocycles. The third kappa shape index (κ3) is 3.11. The van der Waals surface area contributed by atoms with Gasteiger partial charge >= 0.3 is 6.09 Å². The molecule has 2 amide bonds. The van der Waals surface area contributed by atoms with Crippen molar-refractivity contribution < 1.29 is 14.3 Å². The van der Waals surface area contributed by atoms with E-state index in [0.29, 0.717) is 32.6 Å². The van der Waals surface area contributed by atoms with Crippen molar-refractivity contribution in [1.29, 1.82) is 0 Å². The van der Waals surface area contributed by atoms with Crippen molar-refractivity contribution in [2.75, 3.05) is 33.3 Å². The molecule has 0 N–H and O–H groups in total. The maximum atomic E-state index is 11.5. The molecular formula is C10H18N2O3. The van der Waals surface area contributed by atoms with Crippen molar-refractivity contribution in [1.82, 2.24) is 9.80 Å². The third-order valence-electron chi connectivity index (χ3n) is 2.53. The first kappa shape index (κ1) is 11.8. The van der Waals surface area contributed by atoms with Crippen LogP contribution in [0.3, 0.4) is 0 Å². The van der Waals surface area contributed by atoms with Crippen molar-refractivity contribution >= 4 is 12.0 Å². The second-order valence-corrected chi connectivity index (χ2v) is 3.59. The summed E-state index contributed by atoms with van der Waals surface area (Å²) in [5.74, 6) is 0.182. The van der Waals surface area contributed by atoms with Crippen LogP contribution >= 0.6 is 0 Å². The van der Waals surface area contributed by atoms with Gasteiger partial charge in [0.25, 0.3) is 0 Å². The van der Waals surface area contributed by atoms with Gasteiger partial charge in [-0.25, -0.2) is 4.79 Å². The van der Waals surface area contributed by atoms with Crippen LogP contribution in [0.5, 0.6) is 0 Å². The van der Waals surface area contributed by atoms with E-state index in [0.717, 1.165) is 6.42 Å². The number of nitrogens with zero attached hydrogens (tertiary/aromatic N) is 2. The normalized spacial score (nSPS) is 16.4. The molecule has 0 aromatic heterocycles. The second-order valence-electron chi connectivity index (χ2n) is 3.59. The van der Waals surface area contributed by atoms with Crippen molar-refractivity contribution in [3.63, 3.8) is 0 Å². The Morgan fingerprint density at radius 3 is 2.13 bits per heavy atom. The van der Waals surface area contributed by atoms with Crippen LogP contribution in [0.15, 0.2) is 0 Å². The van der Waals surface area contributed by atoms with E-state index >= 15 is 0 Å². The number of hydrogen-bond donors (Lipinski definition) is 0. The average Bonchev–Trinajstić information content (AvgIpc) is 2.28. The van der Waals surface area contributed by atoms with Gasteiger partial charge < -0.3 is 14.5 Å². The predicted molar refractivity (Wildman–Crippen MR) is 55.5 cm³/mol. The van der Waals surface area contributed by atoms with Gasteiger partial charge in [-0.2, -0.15) is 0 Å². The maximum Gasteiger partial charge on any atom is 0.409 e. The van der Waals surface area contributed by atoms with Crippen LogP contribution < -0.4 is 0 Å². The monoisotopic (exact) mass is 214 g/mol. The molecule has 0 bridgehead atoms. The van der Waals surface area contributed by atoms with Crippen molar-refractivity contribution in [3.05, 3.63) is 0 Å². The first-order valence-electron chi connectivity index (χ1n) is 5.29. The van der Waals surface area contributed by atoms with Gasteiger partial charge in [-0.15, -0.1) is 0 Å². The first-order chi connectivity index (χ1) is 7.19. The van der Waals surface area contributed by atoms with Crippen LogP contribution in [0.2, 0.25) is 0 Å². The largest absolute Gasteiger partial charge is 0.453 e. The summed E-state index contributed by atoms with van der Waals surface area (Å²) in [4.78, 5) is 26.1. The van der Waals surface area contributed by atoms with E-state index in [-0.39, 0.29) is 12.0 Å². The van der Waals surface area contributed by atoms with Crippen LogP contribution in [-0.4, -0.2) is 55.1 Å². The molecule has 1 fully saturated rings. The van der Waals surface area contributed by atoms with E-state index in [1.807, 2.05) is 11.8 Å². The summed E-state index contributed by atoms with van der Waals surface area (Å²) in [6.45, 7) is 4.37. The number of rotatable bonds is 2. The Balaban J connectivity index is 2.35. The SMILES string of the molecule is CCCC(=O)N1CCN(C(=O)OC)CC1. The molecule has 0 atom stereocenters. The number of methoxy groups -OCH3 is 1. The lowest BCUT2D eigenvalue weighted by Gasteiger charge is -2.33. The van der Waals surface area contributed by atoms with E-state index in [1.54, 1.807) is 4.90 Å². The fourth-order valence-electron chi connectivity index (χ4n) is 1.64. The lowest BCUT2D eigenvalue weighted by molar-refractivity contribution is -0.132. The van der Waals surface area contributed by atoms with E-state index in [9.17, 15) is 9.59 Å². The van der Waals surface area contributed by atoms with Gasteiger partial charge in [0.05, 0.1) is 7.11 Å². The summed E-state index contributed by atoms with van der Waals surface area (Å²) in [6, 6.07) is 0. The molecule has 5 heteroatoms. The highest BCUT2D eigenvalue weighted by atomic mass is 16.5. The molecule has 0 saturated carbocycles. The fraction of sp³-hybridized carbons (Fsp3) is 0.800. The molecule has 86 valence electrons. The Labute approximate surface area is 90.0 Å². The molecular weight excluding hydrogens is 196 g/mol. The van der Waals surface area contributed by atoms with Crippen LogP contribution in [0, 0.1) is 0 Å². The second kappa shape index (κ2) is 5.58. The number of carbonyl (C=O) groups is 2. The summed E-state index contributed by atoms with van der Waals surface area (Å²) in [6.07, 6.45) is 1.16. The highest BCUT2D eigenvalue weighted by molar-refractivity contribution is 5.76. The number of carbonyl (C=O) groups excluding carboxylic acids is 2. The van der Waals surface area contributed by atoms with Crippen LogP contribution in [0.25, 0.3) is 0 Å².